The maximum Gasteiger partial charge on any atom is 0.254 e. The van der Waals surface area contributed by atoms with Crippen LogP contribution in [0.2, 0.25) is 0 Å². The summed E-state index contributed by atoms with van der Waals surface area (Å²) in [5.41, 5.74) is 2.88. The molecule has 23 heavy (non-hydrogen) atoms. The molecule has 1 aromatic carbocycles. The lowest BCUT2D eigenvalue weighted by atomic mass is 9.97. The van der Waals surface area contributed by atoms with Crippen LogP contribution in [0.25, 0.3) is 0 Å². The average Bonchev–Trinajstić information content (AvgIpc) is 2.60. The van der Waals surface area contributed by atoms with Gasteiger partial charge in [0.05, 0.1) is 12.2 Å². The zero-order valence-corrected chi connectivity index (χ0v) is 13.1. The van der Waals surface area contributed by atoms with Gasteiger partial charge in [-0.25, -0.2) is 9.97 Å². The molecule has 0 aliphatic carbocycles. The number of rotatable bonds is 5. The van der Waals surface area contributed by atoms with Gasteiger partial charge in [0.25, 0.3) is 5.91 Å². The predicted octanol–water partition coefficient (Wildman–Crippen LogP) is 1.95. The highest BCUT2D eigenvalue weighted by molar-refractivity contribution is 5.93. The van der Waals surface area contributed by atoms with E-state index in [1.807, 2.05) is 19.1 Å². The van der Waals surface area contributed by atoms with Crippen LogP contribution in [0.1, 0.15) is 34.5 Å². The van der Waals surface area contributed by atoms with Gasteiger partial charge in [-0.05, 0) is 24.5 Å². The predicted molar refractivity (Wildman–Crippen MR) is 87.4 cm³/mol. The maximum absolute atomic E-state index is 12.2. The minimum absolute atomic E-state index is 0.106. The molecule has 0 fully saturated rings. The van der Waals surface area contributed by atoms with Crippen molar-refractivity contribution in [3.63, 3.8) is 0 Å². The van der Waals surface area contributed by atoms with Gasteiger partial charge >= 0.3 is 0 Å². The average molecular weight is 312 g/mol. The first-order chi connectivity index (χ1) is 11.3. The fraction of sp³-hybridized carbons (Fsp3) is 0.353. The van der Waals surface area contributed by atoms with Gasteiger partial charge in [-0.15, -0.1) is 0 Å². The molecule has 3 rings (SSSR count). The number of nitrogens with zero attached hydrogens (tertiary/aromatic N) is 2. The van der Waals surface area contributed by atoms with Crippen LogP contribution in [0, 0.1) is 0 Å². The smallest absolute Gasteiger partial charge is 0.254 e. The Morgan fingerprint density at radius 1 is 1.30 bits per heavy atom. The molecule has 0 radical (unpaired) electrons. The second kappa shape index (κ2) is 7.19. The number of hydrogen-bond donors (Lipinski definition) is 2. The van der Waals surface area contributed by atoms with Crippen LogP contribution in [0.3, 0.4) is 0 Å². The Hall–Kier alpha value is -2.47. The Labute approximate surface area is 135 Å². The first-order valence-corrected chi connectivity index (χ1v) is 7.81. The molecule has 2 heterocycles. The molecule has 0 saturated carbocycles. The lowest BCUT2D eigenvalue weighted by molar-refractivity contribution is 0.0411. The number of fused-ring (bicyclic) bond motifs is 1. The highest BCUT2D eigenvalue weighted by Crippen LogP contribution is 2.26. The fourth-order valence-electron chi connectivity index (χ4n) is 2.63. The molecule has 1 amide bonds. The van der Waals surface area contributed by atoms with Gasteiger partial charge in [0.15, 0.2) is 0 Å². The Morgan fingerprint density at radius 3 is 2.87 bits per heavy atom. The summed E-state index contributed by atoms with van der Waals surface area (Å²) in [6, 6.07) is 8.19. The number of carbonyl (C=O) groups excluding carboxylic acids is 1. The highest BCUT2D eigenvalue weighted by atomic mass is 16.5. The second-order valence-corrected chi connectivity index (χ2v) is 5.34. The zero-order valence-electron chi connectivity index (χ0n) is 13.1. The molecule has 0 bridgehead atoms. The molecule has 2 N–H and O–H groups in total. The molecule has 1 atom stereocenters. The second-order valence-electron chi connectivity index (χ2n) is 5.34. The zero-order chi connectivity index (χ0) is 16.1. The third kappa shape index (κ3) is 3.65. The minimum atomic E-state index is -0.195. The van der Waals surface area contributed by atoms with Gasteiger partial charge < -0.3 is 15.4 Å². The Bertz CT molecular complexity index is 673. The van der Waals surface area contributed by atoms with Crippen molar-refractivity contribution in [2.24, 2.45) is 0 Å². The standard InChI is InChI=1S/C17H20N4O2/c1-2-18-17-20-9-13(10-21-17)16(22)19-11-15-14-6-4-3-5-12(14)7-8-23-15/h3-6,9-10,15H,2,7-8,11H2,1H3,(H,19,22)(H,18,20,21)/t15-/m1/s1. The first kappa shape index (κ1) is 15.4. The van der Waals surface area contributed by atoms with E-state index in [1.54, 1.807) is 0 Å². The van der Waals surface area contributed by atoms with Crippen LogP contribution in [-0.4, -0.2) is 35.6 Å². The summed E-state index contributed by atoms with van der Waals surface area (Å²) in [6.07, 6.45) is 3.86. The Balaban J connectivity index is 1.61. The monoisotopic (exact) mass is 312 g/mol. The van der Waals surface area contributed by atoms with Crippen LogP contribution < -0.4 is 10.6 Å². The van der Waals surface area contributed by atoms with Crippen molar-refractivity contribution in [3.05, 3.63) is 53.3 Å². The summed E-state index contributed by atoms with van der Waals surface area (Å²) < 4.78 is 5.79. The third-order valence-corrected chi connectivity index (χ3v) is 3.79. The van der Waals surface area contributed by atoms with Gasteiger partial charge in [0, 0.05) is 25.5 Å². The molecular weight excluding hydrogens is 292 g/mol. The Morgan fingerprint density at radius 2 is 2.09 bits per heavy atom. The number of ether oxygens (including phenoxy) is 1. The number of amides is 1. The van der Waals surface area contributed by atoms with Crippen molar-refractivity contribution >= 4 is 11.9 Å². The van der Waals surface area contributed by atoms with Gasteiger partial charge in [0.2, 0.25) is 5.95 Å². The van der Waals surface area contributed by atoms with Crippen molar-refractivity contribution in [3.8, 4) is 0 Å². The van der Waals surface area contributed by atoms with E-state index in [0.717, 1.165) is 18.5 Å². The van der Waals surface area contributed by atoms with Crippen LogP contribution in [-0.2, 0) is 11.2 Å². The largest absolute Gasteiger partial charge is 0.371 e. The Kier molecular flexibility index (Phi) is 4.83. The lowest BCUT2D eigenvalue weighted by Crippen LogP contribution is -2.32. The highest BCUT2D eigenvalue weighted by Gasteiger charge is 2.21. The summed E-state index contributed by atoms with van der Waals surface area (Å²) in [5, 5.41) is 5.89. The summed E-state index contributed by atoms with van der Waals surface area (Å²) in [6.45, 7) is 3.82. The fourth-order valence-corrected chi connectivity index (χ4v) is 2.63. The maximum atomic E-state index is 12.2. The lowest BCUT2D eigenvalue weighted by Gasteiger charge is -2.26. The molecule has 0 spiro atoms. The SMILES string of the molecule is CCNc1ncc(C(=O)NC[C@H]2OCCc3ccccc32)cn1. The van der Waals surface area contributed by atoms with E-state index < -0.39 is 0 Å². The van der Waals surface area contributed by atoms with Gasteiger partial charge in [0.1, 0.15) is 6.10 Å². The molecule has 120 valence electrons. The molecule has 0 saturated heterocycles. The molecule has 2 aromatic rings. The van der Waals surface area contributed by atoms with E-state index in [2.05, 4.69) is 32.7 Å². The molecule has 1 aliphatic heterocycles. The van der Waals surface area contributed by atoms with E-state index in [4.69, 9.17) is 4.74 Å². The van der Waals surface area contributed by atoms with E-state index >= 15 is 0 Å². The number of nitrogens with one attached hydrogen (secondary N) is 2. The van der Waals surface area contributed by atoms with Crippen LogP contribution in [0.4, 0.5) is 5.95 Å². The quantitative estimate of drug-likeness (QED) is 0.882. The van der Waals surface area contributed by atoms with Crippen molar-refractivity contribution in [2.75, 3.05) is 25.0 Å². The molecular formula is C17H20N4O2. The van der Waals surface area contributed by atoms with Crippen molar-refractivity contribution in [2.45, 2.75) is 19.4 Å². The first-order valence-electron chi connectivity index (χ1n) is 7.81. The van der Waals surface area contributed by atoms with Gasteiger partial charge in [-0.2, -0.15) is 0 Å². The van der Waals surface area contributed by atoms with Crippen molar-refractivity contribution in [1.82, 2.24) is 15.3 Å². The van der Waals surface area contributed by atoms with E-state index in [9.17, 15) is 4.79 Å². The minimum Gasteiger partial charge on any atom is -0.371 e. The van der Waals surface area contributed by atoms with Crippen molar-refractivity contribution in [1.29, 1.82) is 0 Å². The number of benzene rings is 1. The number of hydrogen-bond acceptors (Lipinski definition) is 5. The number of carbonyl (C=O) groups is 1. The van der Waals surface area contributed by atoms with Crippen LogP contribution >= 0.6 is 0 Å². The van der Waals surface area contributed by atoms with Crippen LogP contribution in [0.15, 0.2) is 36.7 Å². The van der Waals surface area contributed by atoms with E-state index in [1.165, 1.54) is 18.0 Å². The molecule has 6 nitrogen and oxygen atoms in total. The van der Waals surface area contributed by atoms with E-state index in [-0.39, 0.29) is 12.0 Å². The molecule has 1 aliphatic rings. The number of aromatic nitrogens is 2. The summed E-state index contributed by atoms with van der Waals surface area (Å²) in [5.74, 6) is 0.327. The van der Waals surface area contributed by atoms with E-state index in [0.29, 0.717) is 24.7 Å². The third-order valence-electron chi connectivity index (χ3n) is 3.79. The molecule has 0 unspecified atom stereocenters. The molecule has 1 aromatic heterocycles. The van der Waals surface area contributed by atoms with Crippen LogP contribution in [0.5, 0.6) is 0 Å². The summed E-state index contributed by atoms with van der Waals surface area (Å²) in [4.78, 5) is 20.4. The normalized spacial score (nSPS) is 16.5. The topological polar surface area (TPSA) is 76.1 Å². The molecule has 6 heteroatoms. The summed E-state index contributed by atoms with van der Waals surface area (Å²) >= 11 is 0. The number of anilines is 1. The van der Waals surface area contributed by atoms with Crippen molar-refractivity contribution < 1.29 is 9.53 Å². The summed E-state index contributed by atoms with van der Waals surface area (Å²) in [7, 11) is 0. The van der Waals surface area contributed by atoms with Gasteiger partial charge in [-0.3, -0.25) is 4.79 Å². The van der Waals surface area contributed by atoms with Gasteiger partial charge in [-0.1, -0.05) is 24.3 Å².